The number of rotatable bonds is 11. The van der Waals surface area contributed by atoms with Crippen molar-refractivity contribution in [3.05, 3.63) is 267 Å². The molecule has 0 bridgehead atoms. The maximum absolute atomic E-state index is 11.4. The van der Waals surface area contributed by atoms with Crippen LogP contribution in [-0.4, -0.2) is 50.2 Å². The van der Waals surface area contributed by atoms with Crippen LogP contribution >= 0.6 is 85.7 Å². The van der Waals surface area contributed by atoms with Crippen LogP contribution in [0.3, 0.4) is 0 Å². The highest BCUT2D eigenvalue weighted by molar-refractivity contribution is 14.1. The van der Waals surface area contributed by atoms with E-state index >= 15 is 0 Å². The second kappa shape index (κ2) is 58.5. The van der Waals surface area contributed by atoms with Gasteiger partial charge in [0.1, 0.15) is 10.1 Å². The van der Waals surface area contributed by atoms with Crippen molar-refractivity contribution in [2.24, 2.45) is 11.8 Å². The molecule has 12 heteroatoms. The minimum Gasteiger partial charge on any atom is -0.369 e. The number of alkyl halides is 2. The lowest BCUT2D eigenvalue weighted by Gasteiger charge is -2.28. The van der Waals surface area contributed by atoms with Crippen molar-refractivity contribution in [3.63, 3.8) is 0 Å². The number of likely N-dealkylation sites (tertiary alicyclic amines) is 1. The predicted octanol–water partition coefficient (Wildman–Crippen LogP) is 23.6. The number of hydrogen-bond acceptors (Lipinski definition) is 6. The van der Waals surface area contributed by atoms with Crippen LogP contribution in [0.4, 0.5) is 0 Å². The van der Waals surface area contributed by atoms with Crippen molar-refractivity contribution in [2.75, 3.05) is 25.6 Å². The monoisotopic (exact) mass is 1470 g/mol. The summed E-state index contributed by atoms with van der Waals surface area (Å²) < 4.78 is 3.67. The first-order valence-corrected chi connectivity index (χ1v) is 35.3. The second-order valence-corrected chi connectivity index (χ2v) is 26.0. The molecule has 2 saturated carbocycles. The van der Waals surface area contributed by atoms with Gasteiger partial charge in [-0.25, -0.2) is 0 Å². The fourth-order valence-corrected chi connectivity index (χ4v) is 9.99. The summed E-state index contributed by atoms with van der Waals surface area (Å²) in [5.41, 5.74) is 7.99. The van der Waals surface area contributed by atoms with Gasteiger partial charge in [-0.1, -0.05) is 266 Å². The maximum Gasteiger partial charge on any atom is 0.250 e. The third-order valence-corrected chi connectivity index (χ3v) is 16.9. The van der Waals surface area contributed by atoms with Gasteiger partial charge in [0, 0.05) is 79.0 Å². The first-order chi connectivity index (χ1) is 43.2. The summed E-state index contributed by atoms with van der Waals surface area (Å²) in [6.07, 6.45) is 22.4. The zero-order chi connectivity index (χ0) is 67.6. The van der Waals surface area contributed by atoms with Gasteiger partial charge in [-0.2, -0.15) is 22.3 Å². The van der Waals surface area contributed by atoms with Crippen LogP contribution in [0.1, 0.15) is 139 Å². The quantitative estimate of drug-likeness (QED) is 0.0419. The Kier molecular flexibility index (Phi) is 56.2. The topological polar surface area (TPSA) is 89.9 Å². The van der Waals surface area contributed by atoms with E-state index in [-0.39, 0.29) is 9.89 Å². The highest BCUT2D eigenvalue weighted by Gasteiger charge is 2.50. The molecule has 1 aromatic heterocycles. The number of aryl methyl sites for hydroxylation is 6. The molecule has 0 spiro atoms. The van der Waals surface area contributed by atoms with Crippen LogP contribution in [0.2, 0.25) is 0 Å². The summed E-state index contributed by atoms with van der Waals surface area (Å²) >= 11 is 23.8. The molecule has 2 aliphatic carbocycles. The maximum atomic E-state index is 11.4. The smallest absolute Gasteiger partial charge is 0.250 e. The van der Waals surface area contributed by atoms with Gasteiger partial charge in [-0.15, -0.1) is 23.2 Å². The van der Waals surface area contributed by atoms with Crippen molar-refractivity contribution >= 4 is 100 Å². The standard InChI is InChI=1S/C11H16BrNO.C10H16O.C9H9I.5C7H8.C5H8Cl2S.C4H7NS.2C2H3N/c1-2-3-4-5-8-13-9-10(12)6-7-11(13)14;1-2-3-4-6-9-7-5-8-10(9)11;1-2-9(10)8-6-4-3-5-7-8;5*1-7-5-3-2-4-6-7;1-8-3-4-2-5(4,6)7;1-5-3-2-4(5)6;2*1-2-3/h6-7,9H,2-5,8H2,1H3;2-3,9H,4-8H2,1H3;2-7H,1H3;5*2-6H,1H3;4H,2-3H2,1H3;2-3H2,1H3;2*1H3/b;3-2+;9-2-;;;;;;;;;/t;9-;;;;;;;4-;;;/m.1......1.../s1. The number of Topliss-reactive ketones (excluding diaryl/α,β-unsaturated/α-hetero) is 1. The number of thiocarbonyl (C=S) groups is 1. The average Bonchev–Trinajstić information content (AvgIpc) is 1.74. The summed E-state index contributed by atoms with van der Waals surface area (Å²) in [4.78, 5) is 25.7. The number of thioether (sulfide) groups is 1. The number of aromatic nitrogens is 1. The molecule has 10 rings (SSSR count). The van der Waals surface area contributed by atoms with Gasteiger partial charge < -0.3 is 9.47 Å². The fourth-order valence-electron chi connectivity index (χ4n) is 7.56. The van der Waals surface area contributed by atoms with E-state index in [1.54, 1.807) is 40.6 Å². The van der Waals surface area contributed by atoms with Crippen LogP contribution in [0.5, 0.6) is 0 Å². The van der Waals surface area contributed by atoms with Crippen LogP contribution in [-0.2, 0) is 11.3 Å². The lowest BCUT2D eigenvalue weighted by Crippen LogP contribution is -2.38. The number of halogens is 4. The number of nitrogens with zero attached hydrogens (tertiary/aromatic N) is 4. The van der Waals surface area contributed by atoms with E-state index in [4.69, 9.17) is 45.9 Å². The first-order valence-electron chi connectivity index (χ1n) is 30.9. The molecule has 6 nitrogen and oxygen atoms in total. The third kappa shape index (κ3) is 51.1. The molecule has 90 heavy (non-hydrogen) atoms. The molecule has 0 N–H and O–H groups in total. The summed E-state index contributed by atoms with van der Waals surface area (Å²) in [6.45, 7) is 21.5. The number of allylic oxidation sites excluding steroid dienone is 3. The predicted molar refractivity (Wildman–Crippen MR) is 412 cm³/mol. The van der Waals surface area contributed by atoms with E-state index in [0.29, 0.717) is 17.6 Å². The van der Waals surface area contributed by atoms with Crippen LogP contribution in [0.25, 0.3) is 3.58 Å². The molecule has 2 atom stereocenters. The Morgan fingerprint density at radius 2 is 1.07 bits per heavy atom. The number of hydrogen-bond donors (Lipinski definition) is 0. The molecule has 2 heterocycles. The van der Waals surface area contributed by atoms with Crippen LogP contribution in [0.15, 0.2) is 228 Å². The Balaban J connectivity index is 0. The Morgan fingerprint density at radius 1 is 0.678 bits per heavy atom. The minimum atomic E-state index is -0.358. The molecule has 6 aromatic carbocycles. The molecule has 0 unspecified atom stereocenters. The molecule has 0 radical (unpaired) electrons. The summed E-state index contributed by atoms with van der Waals surface area (Å²) in [6, 6.07) is 68.6. The van der Waals surface area contributed by atoms with Crippen molar-refractivity contribution < 1.29 is 4.79 Å². The highest BCUT2D eigenvalue weighted by Crippen LogP contribution is 2.54. The van der Waals surface area contributed by atoms with Crippen molar-refractivity contribution in [3.8, 4) is 12.1 Å². The summed E-state index contributed by atoms with van der Waals surface area (Å²) in [5.74, 6) is 2.55. The van der Waals surface area contributed by atoms with Crippen molar-refractivity contribution in [1.29, 1.82) is 10.5 Å². The zero-order valence-electron chi connectivity index (χ0n) is 55.8. The number of nitriles is 2. The Labute approximate surface area is 586 Å². The number of carbonyl (C=O) groups is 1. The average molecular weight is 1470 g/mol. The van der Waals surface area contributed by atoms with Gasteiger partial charge in [0.25, 0.3) is 5.56 Å². The molecular weight excluding hydrogens is 1370 g/mol. The van der Waals surface area contributed by atoms with E-state index in [1.165, 1.54) is 76.6 Å². The van der Waals surface area contributed by atoms with Gasteiger partial charge in [0.05, 0.1) is 17.1 Å². The molecule has 3 aliphatic rings. The Morgan fingerprint density at radius 3 is 1.32 bits per heavy atom. The first kappa shape index (κ1) is 86.5. The molecule has 0 amide bonds. The van der Waals surface area contributed by atoms with Gasteiger partial charge >= 0.3 is 0 Å². The van der Waals surface area contributed by atoms with E-state index < -0.39 is 0 Å². The normalized spacial score (nSPS) is 13.8. The summed E-state index contributed by atoms with van der Waals surface area (Å²) in [5, 5.41) is 14.6. The fraction of sp³-hybridized carbons (Fsp3) is 0.372. The lowest BCUT2D eigenvalue weighted by atomic mass is 10.0. The third-order valence-electron chi connectivity index (χ3n) is 13.0. The van der Waals surface area contributed by atoms with E-state index in [0.717, 1.165) is 73.1 Å². The minimum absolute atomic E-state index is 0.0877. The lowest BCUT2D eigenvalue weighted by molar-refractivity contribution is -0.120. The van der Waals surface area contributed by atoms with Gasteiger partial charge in [0.15, 0.2) is 0 Å². The number of ketones is 1. The van der Waals surface area contributed by atoms with Gasteiger partial charge in [-0.05, 0) is 149 Å². The molecule has 1 saturated heterocycles. The molecule has 1 aliphatic heterocycles. The van der Waals surface area contributed by atoms with Crippen LogP contribution < -0.4 is 5.56 Å². The van der Waals surface area contributed by atoms with Crippen molar-refractivity contribution in [2.45, 2.75) is 151 Å². The number of pyridine rings is 1. The van der Waals surface area contributed by atoms with Gasteiger partial charge in [-0.3, -0.25) is 9.59 Å². The molecular formula is C78H102BrCl2IN4O2S2. The summed E-state index contributed by atoms with van der Waals surface area (Å²) in [7, 11) is 2.02. The van der Waals surface area contributed by atoms with E-state index in [9.17, 15) is 9.59 Å². The Bertz CT molecular complexity index is 2820. The zero-order valence-corrected chi connectivity index (χ0v) is 62.7. The Hall–Kier alpha value is -5.57. The number of carbonyl (C=O) groups excluding carboxylic acids is 1. The molecule has 7 aromatic rings. The number of unbranched alkanes of at least 4 members (excludes halogenated alkanes) is 3. The van der Waals surface area contributed by atoms with Gasteiger partial charge in [0.2, 0.25) is 0 Å². The molecule has 3 fully saturated rings. The highest BCUT2D eigenvalue weighted by atomic mass is 127. The largest absolute Gasteiger partial charge is 0.369 e. The molecule has 486 valence electrons. The SMILES string of the molecule is C/C=C(\I)c1ccccc1.C/C=C/CC[C@@H]1CCCC1=O.CC#N.CC#N.CCCCCCn1cc(Br)ccc1=O.CN1CCC1=S.CSC[C@H]1CC1(Cl)Cl.Cc1ccccc1.Cc1ccccc1.Cc1ccccc1.Cc1ccccc1.Cc1ccccc1. The van der Waals surface area contributed by atoms with Crippen LogP contribution in [0, 0.1) is 69.1 Å². The van der Waals surface area contributed by atoms with E-state index in [2.05, 4.69) is 201 Å². The van der Waals surface area contributed by atoms with Crippen molar-refractivity contribution in [1.82, 2.24) is 9.47 Å². The second-order valence-electron chi connectivity index (χ2n) is 21.0. The number of benzene rings is 6. The van der Waals surface area contributed by atoms with E-state index in [1.807, 2.05) is 117 Å².